The van der Waals surface area contributed by atoms with Gasteiger partial charge in [-0.3, -0.25) is 9.59 Å². The van der Waals surface area contributed by atoms with Gasteiger partial charge in [0.05, 0.1) is 11.4 Å². The third kappa shape index (κ3) is 3.71. The molecule has 2 amide bonds. The first-order chi connectivity index (χ1) is 10.9. The van der Waals surface area contributed by atoms with Gasteiger partial charge in [0.15, 0.2) is 0 Å². The topological polar surface area (TPSA) is 66.6 Å². The molecule has 0 aliphatic carbocycles. The van der Waals surface area contributed by atoms with Gasteiger partial charge in [-0.05, 0) is 24.0 Å². The van der Waals surface area contributed by atoms with Crippen LogP contribution in [0.5, 0.6) is 0 Å². The first-order valence-electron chi connectivity index (χ1n) is 7.94. The Balaban J connectivity index is 0.00000208. The van der Waals surface area contributed by atoms with Crippen LogP contribution in [-0.4, -0.2) is 48.1 Å². The molecule has 1 aromatic rings. The Morgan fingerprint density at radius 1 is 1.38 bits per heavy atom. The van der Waals surface area contributed by atoms with Gasteiger partial charge in [0, 0.05) is 24.0 Å². The Bertz CT molecular complexity index is 638. The molecule has 24 heavy (non-hydrogen) atoms. The predicted octanol–water partition coefficient (Wildman–Crippen LogP) is 2.13. The standard InChI is InChI=1S/C17H23N3O2S.ClH/c1-17(2)11-19(8-7-14(17)18)15(21)9-20-12-5-3-4-6-13(12)23-10-16(20)22;/h3-6,14H,7-11,18H2,1-2H3;1H. The molecule has 2 aliphatic rings. The van der Waals surface area contributed by atoms with E-state index >= 15 is 0 Å². The number of nitrogens with two attached hydrogens (primary N) is 1. The van der Waals surface area contributed by atoms with Crippen LogP contribution in [0.2, 0.25) is 0 Å². The number of likely N-dealkylation sites (tertiary alicyclic amines) is 1. The highest BCUT2D eigenvalue weighted by molar-refractivity contribution is 8.00. The molecule has 2 heterocycles. The van der Waals surface area contributed by atoms with Gasteiger partial charge in [0.2, 0.25) is 11.8 Å². The van der Waals surface area contributed by atoms with E-state index in [2.05, 4.69) is 13.8 Å². The van der Waals surface area contributed by atoms with Gasteiger partial charge < -0.3 is 15.5 Å². The molecule has 0 saturated carbocycles. The third-order valence-corrected chi connectivity index (χ3v) is 5.81. The largest absolute Gasteiger partial charge is 0.340 e. The molecule has 1 saturated heterocycles. The van der Waals surface area contributed by atoms with E-state index in [4.69, 9.17) is 5.73 Å². The Labute approximate surface area is 153 Å². The highest BCUT2D eigenvalue weighted by atomic mass is 35.5. The van der Waals surface area contributed by atoms with Crippen LogP contribution in [0.1, 0.15) is 20.3 Å². The average molecular weight is 370 g/mol. The number of nitrogens with zero attached hydrogens (tertiary/aromatic N) is 2. The number of fused-ring (bicyclic) bond motifs is 1. The highest BCUT2D eigenvalue weighted by Gasteiger charge is 2.36. The quantitative estimate of drug-likeness (QED) is 0.867. The Morgan fingerprint density at radius 3 is 2.79 bits per heavy atom. The van der Waals surface area contributed by atoms with E-state index in [1.807, 2.05) is 29.2 Å². The summed E-state index contributed by atoms with van der Waals surface area (Å²) in [7, 11) is 0. The summed E-state index contributed by atoms with van der Waals surface area (Å²) in [4.78, 5) is 29.5. The second-order valence-electron chi connectivity index (χ2n) is 6.94. The third-order valence-electron chi connectivity index (χ3n) is 4.77. The van der Waals surface area contributed by atoms with Crippen molar-refractivity contribution in [2.45, 2.75) is 31.2 Å². The van der Waals surface area contributed by atoms with E-state index in [1.165, 1.54) is 11.8 Å². The molecule has 1 aromatic carbocycles. The summed E-state index contributed by atoms with van der Waals surface area (Å²) >= 11 is 1.53. The molecule has 2 aliphatic heterocycles. The lowest BCUT2D eigenvalue weighted by Gasteiger charge is -2.43. The van der Waals surface area contributed by atoms with Gasteiger partial charge in [0.1, 0.15) is 6.54 Å². The number of rotatable bonds is 2. The Kier molecular flexibility index (Phi) is 5.83. The van der Waals surface area contributed by atoms with Crippen LogP contribution in [0.15, 0.2) is 29.2 Å². The Hall–Kier alpha value is -1.24. The van der Waals surface area contributed by atoms with Gasteiger partial charge in [-0.1, -0.05) is 26.0 Å². The number of benzene rings is 1. The lowest BCUT2D eigenvalue weighted by molar-refractivity contribution is -0.134. The minimum absolute atomic E-state index is 0. The van der Waals surface area contributed by atoms with Crippen molar-refractivity contribution in [3.63, 3.8) is 0 Å². The first kappa shape index (κ1) is 19.1. The second kappa shape index (κ2) is 7.33. The molecule has 132 valence electrons. The zero-order valence-corrected chi connectivity index (χ0v) is 15.7. The minimum atomic E-state index is -0.0897. The van der Waals surface area contributed by atoms with Crippen molar-refractivity contribution in [1.82, 2.24) is 4.90 Å². The number of halogens is 1. The maximum atomic E-state index is 12.7. The Morgan fingerprint density at radius 2 is 2.08 bits per heavy atom. The van der Waals surface area contributed by atoms with E-state index in [1.54, 1.807) is 4.90 Å². The van der Waals surface area contributed by atoms with E-state index in [0.717, 1.165) is 17.0 Å². The predicted molar refractivity (Wildman–Crippen MR) is 99.7 cm³/mol. The summed E-state index contributed by atoms with van der Waals surface area (Å²) in [6.07, 6.45) is 0.805. The van der Waals surface area contributed by atoms with Crippen LogP contribution >= 0.6 is 24.2 Å². The van der Waals surface area contributed by atoms with Gasteiger partial charge in [-0.15, -0.1) is 24.2 Å². The first-order valence-corrected chi connectivity index (χ1v) is 8.92. The minimum Gasteiger partial charge on any atom is -0.340 e. The molecule has 5 nitrogen and oxygen atoms in total. The molecule has 1 unspecified atom stereocenters. The van der Waals surface area contributed by atoms with Crippen LogP contribution in [0, 0.1) is 5.41 Å². The van der Waals surface area contributed by atoms with Crippen molar-refractivity contribution >= 4 is 41.7 Å². The number of anilines is 1. The molecular formula is C17H24ClN3O2S. The van der Waals surface area contributed by atoms with Crippen LogP contribution in [0.4, 0.5) is 5.69 Å². The lowest BCUT2D eigenvalue weighted by atomic mass is 9.79. The molecular weight excluding hydrogens is 346 g/mol. The summed E-state index contributed by atoms with van der Waals surface area (Å²) < 4.78 is 0. The van der Waals surface area contributed by atoms with Gasteiger partial charge >= 0.3 is 0 Å². The molecule has 1 atom stereocenters. The molecule has 1 fully saturated rings. The molecule has 3 rings (SSSR count). The summed E-state index contributed by atoms with van der Waals surface area (Å²) in [5, 5.41) is 0. The molecule has 0 bridgehead atoms. The molecule has 0 radical (unpaired) electrons. The molecule has 2 N–H and O–H groups in total. The number of para-hydroxylation sites is 1. The van der Waals surface area contributed by atoms with Crippen molar-refractivity contribution < 1.29 is 9.59 Å². The lowest BCUT2D eigenvalue weighted by Crippen LogP contribution is -2.56. The monoisotopic (exact) mass is 369 g/mol. The van der Waals surface area contributed by atoms with Crippen molar-refractivity contribution in [3.05, 3.63) is 24.3 Å². The number of hydrogen-bond acceptors (Lipinski definition) is 4. The number of amides is 2. The van der Waals surface area contributed by atoms with Gasteiger partial charge in [0.25, 0.3) is 0 Å². The van der Waals surface area contributed by atoms with Crippen molar-refractivity contribution in [2.75, 3.05) is 30.3 Å². The van der Waals surface area contributed by atoms with E-state index in [9.17, 15) is 9.59 Å². The fourth-order valence-corrected chi connectivity index (χ4v) is 4.09. The van der Waals surface area contributed by atoms with Crippen LogP contribution in [0.25, 0.3) is 0 Å². The molecule has 0 spiro atoms. The van der Waals surface area contributed by atoms with Crippen LogP contribution in [-0.2, 0) is 9.59 Å². The zero-order chi connectivity index (χ0) is 16.6. The number of thioether (sulfide) groups is 1. The smallest absolute Gasteiger partial charge is 0.242 e. The highest BCUT2D eigenvalue weighted by Crippen LogP contribution is 2.35. The summed E-state index contributed by atoms with van der Waals surface area (Å²) in [6.45, 7) is 5.61. The second-order valence-corrected chi connectivity index (χ2v) is 7.95. The van der Waals surface area contributed by atoms with Gasteiger partial charge in [-0.2, -0.15) is 0 Å². The van der Waals surface area contributed by atoms with E-state index in [0.29, 0.717) is 18.8 Å². The average Bonchev–Trinajstić information content (AvgIpc) is 2.52. The fraction of sp³-hybridized carbons (Fsp3) is 0.529. The fourth-order valence-electron chi connectivity index (χ4n) is 3.15. The number of carbonyl (C=O) groups is 2. The summed E-state index contributed by atoms with van der Waals surface area (Å²) in [6, 6.07) is 7.87. The maximum Gasteiger partial charge on any atom is 0.242 e. The van der Waals surface area contributed by atoms with Crippen molar-refractivity contribution in [3.8, 4) is 0 Å². The van der Waals surface area contributed by atoms with Crippen LogP contribution in [0.3, 0.4) is 0 Å². The number of piperidine rings is 1. The van der Waals surface area contributed by atoms with E-state index in [-0.39, 0.29) is 42.2 Å². The van der Waals surface area contributed by atoms with E-state index < -0.39 is 0 Å². The zero-order valence-electron chi connectivity index (χ0n) is 14.0. The van der Waals surface area contributed by atoms with Crippen molar-refractivity contribution in [2.24, 2.45) is 11.1 Å². The SMILES string of the molecule is CC1(C)CN(C(=O)CN2C(=O)CSc3ccccc32)CCC1N.Cl. The molecule has 7 heteroatoms. The summed E-state index contributed by atoms with van der Waals surface area (Å²) in [5.41, 5.74) is 6.89. The maximum absolute atomic E-state index is 12.7. The van der Waals surface area contributed by atoms with Crippen LogP contribution < -0.4 is 10.6 Å². The number of carbonyl (C=O) groups excluding carboxylic acids is 2. The summed E-state index contributed by atoms with van der Waals surface area (Å²) in [5.74, 6) is 0.385. The number of hydrogen-bond donors (Lipinski definition) is 1. The van der Waals surface area contributed by atoms with Gasteiger partial charge in [-0.25, -0.2) is 0 Å². The molecule has 0 aromatic heterocycles. The van der Waals surface area contributed by atoms with Crippen molar-refractivity contribution in [1.29, 1.82) is 0 Å². The normalized spacial score (nSPS) is 22.6.